The quantitative estimate of drug-likeness (QED) is 0.933. The molecule has 0 aromatic heterocycles. The number of amides is 1. The lowest BCUT2D eigenvalue weighted by Crippen LogP contribution is -2.50. The van der Waals surface area contributed by atoms with E-state index in [1.807, 2.05) is 6.92 Å². The van der Waals surface area contributed by atoms with Crippen LogP contribution >= 0.6 is 0 Å². The average molecular weight is 297 g/mol. The lowest BCUT2D eigenvalue weighted by Gasteiger charge is -2.37. The summed E-state index contributed by atoms with van der Waals surface area (Å²) in [6.07, 6.45) is 1.92. The minimum atomic E-state index is -1.08. The molecular formula is C15H17F2NO3. The van der Waals surface area contributed by atoms with Gasteiger partial charge in [-0.1, -0.05) is 13.3 Å². The van der Waals surface area contributed by atoms with Crippen LogP contribution in [0, 0.1) is 17.6 Å². The second kappa shape index (κ2) is 6.20. The van der Waals surface area contributed by atoms with Crippen molar-refractivity contribution in [2.45, 2.75) is 32.2 Å². The van der Waals surface area contributed by atoms with Gasteiger partial charge in [0.25, 0.3) is 5.91 Å². The molecule has 0 spiro atoms. The molecule has 0 radical (unpaired) electrons. The maximum atomic E-state index is 13.2. The predicted octanol–water partition coefficient (Wildman–Crippen LogP) is 2.68. The topological polar surface area (TPSA) is 57.6 Å². The second-order valence-electron chi connectivity index (χ2n) is 5.31. The lowest BCUT2D eigenvalue weighted by molar-refractivity contribution is -0.144. The van der Waals surface area contributed by atoms with Crippen LogP contribution in [0.4, 0.5) is 8.78 Å². The van der Waals surface area contributed by atoms with E-state index >= 15 is 0 Å². The summed E-state index contributed by atoms with van der Waals surface area (Å²) in [5.41, 5.74) is -0.159. The number of likely N-dealkylation sites (tertiary alicyclic amines) is 1. The predicted molar refractivity (Wildman–Crippen MR) is 71.8 cm³/mol. The molecule has 0 aliphatic carbocycles. The number of benzene rings is 1. The molecule has 1 N–H and O–H groups in total. The van der Waals surface area contributed by atoms with Crippen molar-refractivity contribution in [3.63, 3.8) is 0 Å². The molecule has 0 saturated carbocycles. The van der Waals surface area contributed by atoms with E-state index in [1.165, 1.54) is 4.90 Å². The summed E-state index contributed by atoms with van der Waals surface area (Å²) in [7, 11) is 0. The van der Waals surface area contributed by atoms with Crippen molar-refractivity contribution in [3.8, 4) is 0 Å². The first kappa shape index (κ1) is 15.4. The summed E-state index contributed by atoms with van der Waals surface area (Å²) in [6.45, 7) is 2.26. The molecule has 2 unspecified atom stereocenters. The molecule has 1 fully saturated rings. The Morgan fingerprint density at radius 1 is 1.29 bits per heavy atom. The minimum absolute atomic E-state index is 0.159. The van der Waals surface area contributed by atoms with Gasteiger partial charge in [-0.25, -0.2) is 13.6 Å². The molecule has 4 nitrogen and oxygen atoms in total. The SMILES string of the molecule is CCC1CCN(C(=O)c2cc(F)cc(F)c2)C(C(=O)O)C1. The van der Waals surface area contributed by atoms with Gasteiger partial charge in [0.05, 0.1) is 0 Å². The van der Waals surface area contributed by atoms with Crippen molar-refractivity contribution in [1.82, 2.24) is 4.90 Å². The maximum Gasteiger partial charge on any atom is 0.326 e. The summed E-state index contributed by atoms with van der Waals surface area (Å²) in [4.78, 5) is 24.9. The summed E-state index contributed by atoms with van der Waals surface area (Å²) in [5, 5.41) is 9.28. The summed E-state index contributed by atoms with van der Waals surface area (Å²) >= 11 is 0. The van der Waals surface area contributed by atoms with Gasteiger partial charge in [0.2, 0.25) is 0 Å². The van der Waals surface area contributed by atoms with Crippen LogP contribution < -0.4 is 0 Å². The summed E-state index contributed by atoms with van der Waals surface area (Å²) in [6, 6.07) is 1.59. The lowest BCUT2D eigenvalue weighted by atomic mass is 9.88. The smallest absolute Gasteiger partial charge is 0.326 e. The zero-order valence-electron chi connectivity index (χ0n) is 11.7. The highest BCUT2D eigenvalue weighted by Crippen LogP contribution is 2.27. The molecule has 1 aromatic carbocycles. The van der Waals surface area contributed by atoms with Gasteiger partial charge in [0.15, 0.2) is 0 Å². The van der Waals surface area contributed by atoms with Crippen LogP contribution in [0.15, 0.2) is 18.2 Å². The number of aliphatic carboxylic acids is 1. The number of carboxylic acids is 1. The van der Waals surface area contributed by atoms with Crippen molar-refractivity contribution in [2.24, 2.45) is 5.92 Å². The molecule has 2 rings (SSSR count). The van der Waals surface area contributed by atoms with Crippen molar-refractivity contribution >= 4 is 11.9 Å². The Kier molecular flexibility index (Phi) is 4.55. The van der Waals surface area contributed by atoms with Crippen LogP contribution in [-0.2, 0) is 4.79 Å². The zero-order valence-corrected chi connectivity index (χ0v) is 11.7. The fraction of sp³-hybridized carbons (Fsp3) is 0.467. The van der Waals surface area contributed by atoms with Crippen LogP contribution in [0.5, 0.6) is 0 Å². The Bertz CT molecular complexity index is 542. The van der Waals surface area contributed by atoms with E-state index in [1.54, 1.807) is 0 Å². The standard InChI is InChI=1S/C15H17F2NO3/c1-2-9-3-4-18(13(5-9)15(20)21)14(19)10-6-11(16)8-12(17)7-10/h6-9,13H,2-5H2,1H3,(H,20,21). The molecule has 1 amide bonds. The monoisotopic (exact) mass is 297 g/mol. The van der Waals surface area contributed by atoms with E-state index in [-0.39, 0.29) is 18.0 Å². The number of hydrogen-bond donors (Lipinski definition) is 1. The molecule has 21 heavy (non-hydrogen) atoms. The third-order valence-electron chi connectivity index (χ3n) is 3.94. The van der Waals surface area contributed by atoms with E-state index in [2.05, 4.69) is 0 Å². The Balaban J connectivity index is 2.26. The van der Waals surface area contributed by atoms with Crippen LogP contribution in [0.1, 0.15) is 36.5 Å². The average Bonchev–Trinajstić information content (AvgIpc) is 2.44. The van der Waals surface area contributed by atoms with Gasteiger partial charge in [-0.2, -0.15) is 0 Å². The number of carbonyl (C=O) groups is 2. The van der Waals surface area contributed by atoms with Gasteiger partial charge in [-0.15, -0.1) is 0 Å². The molecule has 1 aliphatic rings. The van der Waals surface area contributed by atoms with Gasteiger partial charge in [-0.05, 0) is 30.9 Å². The van der Waals surface area contributed by atoms with Gasteiger partial charge < -0.3 is 10.0 Å². The molecule has 2 atom stereocenters. The van der Waals surface area contributed by atoms with Crippen LogP contribution in [0.3, 0.4) is 0 Å². The maximum absolute atomic E-state index is 13.2. The highest BCUT2D eigenvalue weighted by Gasteiger charge is 2.36. The summed E-state index contributed by atoms with van der Waals surface area (Å²) in [5.74, 6) is -3.18. The molecule has 0 bridgehead atoms. The molecular weight excluding hydrogens is 280 g/mol. The van der Waals surface area contributed by atoms with E-state index in [9.17, 15) is 23.5 Å². The first-order chi connectivity index (χ1) is 9.92. The largest absolute Gasteiger partial charge is 0.480 e. The number of carbonyl (C=O) groups excluding carboxylic acids is 1. The third kappa shape index (κ3) is 3.37. The second-order valence-corrected chi connectivity index (χ2v) is 5.31. The van der Waals surface area contributed by atoms with Gasteiger partial charge in [-0.3, -0.25) is 4.79 Å². The Morgan fingerprint density at radius 3 is 2.43 bits per heavy atom. The fourth-order valence-electron chi connectivity index (χ4n) is 2.73. The van der Waals surface area contributed by atoms with Crippen molar-refractivity contribution in [3.05, 3.63) is 35.4 Å². The highest BCUT2D eigenvalue weighted by atomic mass is 19.1. The van der Waals surface area contributed by atoms with Gasteiger partial charge >= 0.3 is 5.97 Å². The first-order valence-electron chi connectivity index (χ1n) is 6.92. The zero-order chi connectivity index (χ0) is 15.6. The number of nitrogens with zero attached hydrogens (tertiary/aromatic N) is 1. The van der Waals surface area contributed by atoms with Crippen molar-refractivity contribution in [1.29, 1.82) is 0 Å². The van der Waals surface area contributed by atoms with E-state index in [0.29, 0.717) is 18.9 Å². The molecule has 6 heteroatoms. The molecule has 1 aromatic rings. The van der Waals surface area contributed by atoms with E-state index < -0.39 is 29.6 Å². The van der Waals surface area contributed by atoms with Gasteiger partial charge in [0.1, 0.15) is 17.7 Å². The minimum Gasteiger partial charge on any atom is -0.480 e. The van der Waals surface area contributed by atoms with Crippen LogP contribution in [0.25, 0.3) is 0 Å². The number of halogens is 2. The van der Waals surface area contributed by atoms with Crippen molar-refractivity contribution < 1.29 is 23.5 Å². The molecule has 1 heterocycles. The van der Waals surface area contributed by atoms with E-state index in [4.69, 9.17) is 0 Å². The normalized spacial score (nSPS) is 22.1. The molecule has 1 saturated heterocycles. The molecule has 1 aliphatic heterocycles. The number of rotatable bonds is 3. The number of piperidine rings is 1. The Labute approximate surface area is 121 Å². The number of carboxylic acid groups (broad SMARTS) is 1. The number of hydrogen-bond acceptors (Lipinski definition) is 2. The highest BCUT2D eigenvalue weighted by molar-refractivity contribution is 5.96. The Hall–Kier alpha value is -1.98. The van der Waals surface area contributed by atoms with Gasteiger partial charge in [0, 0.05) is 18.2 Å². The van der Waals surface area contributed by atoms with Crippen molar-refractivity contribution in [2.75, 3.05) is 6.54 Å². The third-order valence-corrected chi connectivity index (χ3v) is 3.94. The first-order valence-corrected chi connectivity index (χ1v) is 6.92. The van der Waals surface area contributed by atoms with Crippen LogP contribution in [0.2, 0.25) is 0 Å². The molecule has 114 valence electrons. The summed E-state index contributed by atoms with van der Waals surface area (Å²) < 4.78 is 26.4. The Morgan fingerprint density at radius 2 is 1.90 bits per heavy atom. The fourth-order valence-corrected chi connectivity index (χ4v) is 2.73. The van der Waals surface area contributed by atoms with E-state index in [0.717, 1.165) is 18.6 Å². The van der Waals surface area contributed by atoms with Crippen LogP contribution in [-0.4, -0.2) is 34.5 Å².